The average molecular weight is 376 g/mol. The smallest absolute Gasteiger partial charge is 0.251 e. The molecule has 6 nitrogen and oxygen atoms in total. The zero-order valence-electron chi connectivity index (χ0n) is 15.2. The summed E-state index contributed by atoms with van der Waals surface area (Å²) in [6.07, 6.45) is 1.09. The first-order valence-electron chi connectivity index (χ1n) is 8.31. The summed E-state index contributed by atoms with van der Waals surface area (Å²) in [5.74, 6) is 0.840. The molecule has 0 heterocycles. The summed E-state index contributed by atoms with van der Waals surface area (Å²) in [6.45, 7) is 4.99. The number of carbonyl (C=O) groups is 1. The van der Waals surface area contributed by atoms with Crippen LogP contribution in [0.5, 0.6) is 5.75 Å². The first-order valence-corrected chi connectivity index (χ1v) is 10.2. The van der Waals surface area contributed by atoms with E-state index in [0.29, 0.717) is 29.5 Å². The van der Waals surface area contributed by atoms with Crippen LogP contribution in [0.25, 0.3) is 0 Å². The van der Waals surface area contributed by atoms with E-state index in [9.17, 15) is 13.2 Å². The third kappa shape index (κ3) is 6.76. The summed E-state index contributed by atoms with van der Waals surface area (Å²) in [5.41, 5.74) is 1.76. The lowest BCUT2D eigenvalue weighted by molar-refractivity contribution is 0.0950. The molecule has 0 saturated heterocycles. The number of benzene rings is 2. The minimum atomic E-state index is -3.34. The third-order valence-corrected chi connectivity index (χ3v) is 3.97. The fourth-order valence-corrected chi connectivity index (χ4v) is 2.79. The first-order chi connectivity index (χ1) is 12.2. The standard InChI is InChI=1S/C19H24N2O4S/c1-14(2)13-25-18-9-5-7-16(11-18)19(22)20-12-15-6-4-8-17(10-15)21-26(3,23)24/h4-11,14,21H,12-13H2,1-3H3,(H,20,22). The second-order valence-corrected chi connectivity index (χ2v) is 8.24. The van der Waals surface area contributed by atoms with Crippen LogP contribution in [0.1, 0.15) is 29.8 Å². The van der Waals surface area contributed by atoms with E-state index in [1.807, 2.05) is 12.1 Å². The van der Waals surface area contributed by atoms with Crippen LogP contribution in [0.4, 0.5) is 5.69 Å². The molecule has 2 rings (SSSR count). The summed E-state index contributed by atoms with van der Waals surface area (Å²) < 4.78 is 30.6. The lowest BCUT2D eigenvalue weighted by Gasteiger charge is -2.11. The monoisotopic (exact) mass is 376 g/mol. The van der Waals surface area contributed by atoms with Crippen molar-refractivity contribution in [2.75, 3.05) is 17.6 Å². The van der Waals surface area contributed by atoms with Gasteiger partial charge in [0.15, 0.2) is 0 Å². The van der Waals surface area contributed by atoms with Crippen LogP contribution >= 0.6 is 0 Å². The Labute approximate surface area is 154 Å². The molecule has 0 fully saturated rings. The molecule has 1 amide bonds. The van der Waals surface area contributed by atoms with Crippen LogP contribution in [0.3, 0.4) is 0 Å². The molecule has 140 valence electrons. The van der Waals surface area contributed by atoms with E-state index in [2.05, 4.69) is 23.9 Å². The van der Waals surface area contributed by atoms with E-state index >= 15 is 0 Å². The number of hydrogen-bond acceptors (Lipinski definition) is 4. The van der Waals surface area contributed by atoms with Crippen LogP contribution in [0, 0.1) is 5.92 Å². The molecule has 0 bridgehead atoms. The SMILES string of the molecule is CC(C)COc1cccc(C(=O)NCc2cccc(NS(C)(=O)=O)c2)c1. The molecule has 0 aliphatic carbocycles. The van der Waals surface area contributed by atoms with Crippen molar-refractivity contribution in [2.45, 2.75) is 20.4 Å². The van der Waals surface area contributed by atoms with Crippen LogP contribution in [-0.2, 0) is 16.6 Å². The predicted molar refractivity (Wildman–Crippen MR) is 103 cm³/mol. The highest BCUT2D eigenvalue weighted by atomic mass is 32.2. The molecule has 0 aliphatic heterocycles. The molecule has 0 atom stereocenters. The molecule has 0 aliphatic rings. The Morgan fingerprint density at radius 1 is 1.12 bits per heavy atom. The number of amides is 1. The summed E-state index contributed by atoms with van der Waals surface area (Å²) in [4.78, 5) is 12.3. The highest BCUT2D eigenvalue weighted by Gasteiger charge is 2.08. The minimum Gasteiger partial charge on any atom is -0.493 e. The van der Waals surface area contributed by atoms with Gasteiger partial charge in [0.1, 0.15) is 5.75 Å². The van der Waals surface area contributed by atoms with Crippen molar-refractivity contribution in [3.05, 3.63) is 59.7 Å². The van der Waals surface area contributed by atoms with Gasteiger partial charge in [-0.1, -0.05) is 32.0 Å². The van der Waals surface area contributed by atoms with Gasteiger partial charge in [-0.05, 0) is 41.8 Å². The molecule has 0 saturated carbocycles. The number of rotatable bonds is 8. The number of carbonyl (C=O) groups excluding carboxylic acids is 1. The van der Waals surface area contributed by atoms with Gasteiger partial charge in [-0.2, -0.15) is 0 Å². The highest BCUT2D eigenvalue weighted by molar-refractivity contribution is 7.92. The van der Waals surface area contributed by atoms with Crippen molar-refractivity contribution in [3.8, 4) is 5.75 Å². The van der Waals surface area contributed by atoms with Gasteiger partial charge in [-0.25, -0.2) is 8.42 Å². The van der Waals surface area contributed by atoms with Gasteiger partial charge in [0.2, 0.25) is 10.0 Å². The quantitative estimate of drug-likeness (QED) is 0.742. The zero-order valence-corrected chi connectivity index (χ0v) is 16.0. The van der Waals surface area contributed by atoms with Crippen LogP contribution in [0.15, 0.2) is 48.5 Å². The van der Waals surface area contributed by atoms with E-state index in [-0.39, 0.29) is 12.5 Å². The molecule has 0 unspecified atom stereocenters. The first kappa shape index (κ1) is 19.8. The number of ether oxygens (including phenoxy) is 1. The van der Waals surface area contributed by atoms with E-state index < -0.39 is 10.0 Å². The van der Waals surface area contributed by atoms with Gasteiger partial charge in [0.25, 0.3) is 5.91 Å². The normalized spacial score (nSPS) is 11.2. The van der Waals surface area contributed by atoms with Crippen molar-refractivity contribution in [3.63, 3.8) is 0 Å². The van der Waals surface area contributed by atoms with Crippen molar-refractivity contribution < 1.29 is 17.9 Å². The summed E-state index contributed by atoms with van der Waals surface area (Å²) in [5, 5.41) is 2.83. The van der Waals surface area contributed by atoms with Crippen LogP contribution in [-0.4, -0.2) is 27.2 Å². The van der Waals surface area contributed by atoms with Gasteiger partial charge in [0, 0.05) is 17.8 Å². The molecular weight excluding hydrogens is 352 g/mol. The molecule has 2 N–H and O–H groups in total. The Balaban J connectivity index is 1.98. The maximum absolute atomic E-state index is 12.3. The summed E-state index contributed by atoms with van der Waals surface area (Å²) in [6, 6.07) is 13.9. The maximum Gasteiger partial charge on any atom is 0.251 e. The number of anilines is 1. The molecule has 0 radical (unpaired) electrons. The second-order valence-electron chi connectivity index (χ2n) is 6.49. The Morgan fingerprint density at radius 2 is 1.85 bits per heavy atom. The van der Waals surface area contributed by atoms with Gasteiger partial charge in [-0.3, -0.25) is 9.52 Å². The zero-order chi connectivity index (χ0) is 19.2. The minimum absolute atomic E-state index is 0.221. The fraction of sp³-hybridized carbons (Fsp3) is 0.316. The summed E-state index contributed by atoms with van der Waals surface area (Å²) >= 11 is 0. The van der Waals surface area contributed by atoms with Gasteiger partial charge < -0.3 is 10.1 Å². The van der Waals surface area contributed by atoms with E-state index in [0.717, 1.165) is 11.8 Å². The highest BCUT2D eigenvalue weighted by Crippen LogP contribution is 2.15. The fourth-order valence-electron chi connectivity index (χ4n) is 2.23. The van der Waals surface area contributed by atoms with Crippen molar-refractivity contribution >= 4 is 21.6 Å². The van der Waals surface area contributed by atoms with Crippen molar-refractivity contribution in [1.82, 2.24) is 5.32 Å². The third-order valence-electron chi connectivity index (χ3n) is 3.36. The number of hydrogen-bond donors (Lipinski definition) is 2. The number of nitrogens with one attached hydrogen (secondary N) is 2. The lowest BCUT2D eigenvalue weighted by Crippen LogP contribution is -2.23. The van der Waals surface area contributed by atoms with Gasteiger partial charge >= 0.3 is 0 Å². The van der Waals surface area contributed by atoms with E-state index in [1.165, 1.54) is 0 Å². The van der Waals surface area contributed by atoms with Crippen molar-refractivity contribution in [2.24, 2.45) is 5.92 Å². The molecule has 2 aromatic rings. The van der Waals surface area contributed by atoms with Gasteiger partial charge in [0.05, 0.1) is 12.9 Å². The Bertz CT molecular complexity index is 863. The lowest BCUT2D eigenvalue weighted by atomic mass is 10.1. The topological polar surface area (TPSA) is 84.5 Å². The molecule has 0 aromatic heterocycles. The van der Waals surface area contributed by atoms with Gasteiger partial charge in [-0.15, -0.1) is 0 Å². The van der Waals surface area contributed by atoms with E-state index in [4.69, 9.17) is 4.74 Å². The largest absolute Gasteiger partial charge is 0.493 e. The maximum atomic E-state index is 12.3. The van der Waals surface area contributed by atoms with Crippen LogP contribution in [0.2, 0.25) is 0 Å². The predicted octanol–water partition coefficient (Wildman–Crippen LogP) is 3.02. The summed E-state index contributed by atoms with van der Waals surface area (Å²) in [7, 11) is -3.34. The van der Waals surface area contributed by atoms with Crippen molar-refractivity contribution in [1.29, 1.82) is 0 Å². The van der Waals surface area contributed by atoms with E-state index in [1.54, 1.807) is 36.4 Å². The average Bonchev–Trinajstić information content (AvgIpc) is 2.57. The Kier molecular flexibility index (Phi) is 6.63. The Hall–Kier alpha value is -2.54. The van der Waals surface area contributed by atoms with Crippen LogP contribution < -0.4 is 14.8 Å². The molecular formula is C19H24N2O4S. The molecule has 2 aromatic carbocycles. The molecule has 0 spiro atoms. The second kappa shape index (κ2) is 8.71. The molecule has 26 heavy (non-hydrogen) atoms. The molecule has 7 heteroatoms. The number of sulfonamides is 1. The Morgan fingerprint density at radius 3 is 2.54 bits per heavy atom.